The molecule has 1 aromatic heterocycles. The van der Waals surface area contributed by atoms with E-state index in [0.29, 0.717) is 0 Å². The lowest BCUT2D eigenvalue weighted by Gasteiger charge is -2.31. The predicted molar refractivity (Wildman–Crippen MR) is 114 cm³/mol. The third kappa shape index (κ3) is 3.83. The summed E-state index contributed by atoms with van der Waals surface area (Å²) in [7, 11) is 0. The van der Waals surface area contributed by atoms with Gasteiger partial charge in [0.25, 0.3) is 0 Å². The van der Waals surface area contributed by atoms with Crippen molar-refractivity contribution in [1.29, 1.82) is 0 Å². The van der Waals surface area contributed by atoms with Gasteiger partial charge in [0.15, 0.2) is 5.13 Å². The number of aryl methyl sites for hydroxylation is 3. The smallest absolute Gasteiger partial charge is 0.229 e. The predicted octanol–water partition coefficient (Wildman–Crippen LogP) is 5.08. The van der Waals surface area contributed by atoms with Crippen molar-refractivity contribution in [1.82, 2.24) is 4.98 Å². The summed E-state index contributed by atoms with van der Waals surface area (Å²) in [5, 5.41) is 4.13. The van der Waals surface area contributed by atoms with Gasteiger partial charge >= 0.3 is 0 Å². The van der Waals surface area contributed by atoms with Crippen LogP contribution in [0.2, 0.25) is 0 Å². The molecule has 0 aliphatic carbocycles. The minimum atomic E-state index is -0.00546. The number of nitrogens with one attached hydrogen (secondary N) is 1. The molecule has 0 spiro atoms. The van der Waals surface area contributed by atoms with Crippen LogP contribution in [0.1, 0.15) is 29.5 Å². The van der Waals surface area contributed by atoms with Gasteiger partial charge in [-0.25, -0.2) is 4.98 Å². The van der Waals surface area contributed by atoms with Crippen LogP contribution < -0.4 is 10.2 Å². The molecule has 4 nitrogen and oxygen atoms in total. The molecule has 140 valence electrons. The number of aromatic nitrogens is 1. The van der Waals surface area contributed by atoms with Gasteiger partial charge in [0.1, 0.15) is 0 Å². The second kappa shape index (κ2) is 7.31. The summed E-state index contributed by atoms with van der Waals surface area (Å²) in [5.74, 6) is 0.106. The van der Waals surface area contributed by atoms with Crippen LogP contribution in [0, 0.1) is 26.7 Å². The highest BCUT2D eigenvalue weighted by Crippen LogP contribution is 2.32. The summed E-state index contributed by atoms with van der Waals surface area (Å²) in [6, 6.07) is 12.5. The highest BCUT2D eigenvalue weighted by molar-refractivity contribution is 7.22. The molecule has 1 atom stereocenters. The van der Waals surface area contributed by atoms with E-state index in [2.05, 4.69) is 55.3 Å². The van der Waals surface area contributed by atoms with E-state index in [1.807, 2.05) is 12.1 Å². The number of benzene rings is 2. The Morgan fingerprint density at radius 2 is 2.00 bits per heavy atom. The van der Waals surface area contributed by atoms with Crippen molar-refractivity contribution in [2.45, 2.75) is 33.6 Å². The molecule has 1 unspecified atom stereocenters. The van der Waals surface area contributed by atoms with Gasteiger partial charge in [0.05, 0.1) is 16.1 Å². The zero-order valence-electron chi connectivity index (χ0n) is 16.1. The Hall–Kier alpha value is -2.40. The van der Waals surface area contributed by atoms with E-state index in [1.54, 1.807) is 11.3 Å². The number of hydrogen-bond donors (Lipinski definition) is 1. The van der Waals surface area contributed by atoms with Crippen LogP contribution in [-0.4, -0.2) is 24.0 Å². The number of thiazole rings is 1. The molecular weight excluding hydrogens is 354 g/mol. The van der Waals surface area contributed by atoms with E-state index in [0.717, 1.165) is 42.3 Å². The first-order valence-electron chi connectivity index (χ1n) is 9.50. The van der Waals surface area contributed by atoms with Crippen LogP contribution in [-0.2, 0) is 4.79 Å². The molecule has 3 aromatic rings. The Kier molecular flexibility index (Phi) is 4.87. The first-order valence-corrected chi connectivity index (χ1v) is 10.3. The number of piperidine rings is 1. The number of rotatable bonds is 3. The van der Waals surface area contributed by atoms with E-state index < -0.39 is 0 Å². The van der Waals surface area contributed by atoms with Gasteiger partial charge in [-0.05, 0) is 74.6 Å². The molecule has 0 saturated carbocycles. The second-order valence-electron chi connectivity index (χ2n) is 7.54. The van der Waals surface area contributed by atoms with Crippen LogP contribution in [0.4, 0.5) is 10.8 Å². The van der Waals surface area contributed by atoms with Gasteiger partial charge in [-0.15, -0.1) is 0 Å². The molecule has 0 bridgehead atoms. The Morgan fingerprint density at radius 1 is 1.15 bits per heavy atom. The van der Waals surface area contributed by atoms with Crippen molar-refractivity contribution in [2.75, 3.05) is 23.3 Å². The van der Waals surface area contributed by atoms with Crippen molar-refractivity contribution in [3.05, 3.63) is 53.1 Å². The van der Waals surface area contributed by atoms with Crippen molar-refractivity contribution < 1.29 is 4.79 Å². The third-order valence-electron chi connectivity index (χ3n) is 5.37. The maximum absolute atomic E-state index is 12.8. The Morgan fingerprint density at radius 3 is 2.81 bits per heavy atom. The van der Waals surface area contributed by atoms with Crippen molar-refractivity contribution in [3.8, 4) is 0 Å². The molecule has 1 fully saturated rings. The lowest BCUT2D eigenvalue weighted by atomic mass is 9.97. The average molecular weight is 380 g/mol. The normalized spacial score (nSPS) is 17.3. The molecular formula is C22H25N3OS. The molecule has 2 aromatic carbocycles. The molecule has 0 radical (unpaired) electrons. The van der Waals surface area contributed by atoms with Gasteiger partial charge in [-0.3, -0.25) is 4.79 Å². The van der Waals surface area contributed by atoms with Crippen LogP contribution in [0.25, 0.3) is 10.2 Å². The molecule has 2 heterocycles. The molecule has 1 aliphatic rings. The SMILES string of the molecule is Cc1ccc2nc(N3CCCC(C(=O)Nc4ccc(C)c(C)c4)C3)sc2c1. The Bertz CT molecular complexity index is 994. The molecule has 5 heteroatoms. The highest BCUT2D eigenvalue weighted by Gasteiger charge is 2.27. The minimum Gasteiger partial charge on any atom is -0.347 e. The fraction of sp³-hybridized carbons (Fsp3) is 0.364. The number of anilines is 2. The topological polar surface area (TPSA) is 45.2 Å². The number of amides is 1. The summed E-state index contributed by atoms with van der Waals surface area (Å²) >= 11 is 1.72. The Labute approximate surface area is 164 Å². The van der Waals surface area contributed by atoms with Crippen LogP contribution >= 0.6 is 11.3 Å². The van der Waals surface area contributed by atoms with Crippen molar-refractivity contribution >= 4 is 38.3 Å². The number of carbonyl (C=O) groups is 1. The standard InChI is InChI=1S/C22H25N3OS/c1-14-6-9-19-20(11-14)27-22(24-19)25-10-4-5-17(13-25)21(26)23-18-8-7-15(2)16(3)12-18/h6-9,11-12,17H,4-5,10,13H2,1-3H3,(H,23,26). The maximum Gasteiger partial charge on any atom is 0.229 e. The largest absolute Gasteiger partial charge is 0.347 e. The zero-order chi connectivity index (χ0) is 19.0. The van der Waals surface area contributed by atoms with E-state index in [9.17, 15) is 4.79 Å². The van der Waals surface area contributed by atoms with E-state index in [-0.39, 0.29) is 11.8 Å². The molecule has 1 saturated heterocycles. The number of hydrogen-bond acceptors (Lipinski definition) is 4. The molecule has 27 heavy (non-hydrogen) atoms. The fourth-order valence-electron chi connectivity index (χ4n) is 3.58. The van der Waals surface area contributed by atoms with E-state index >= 15 is 0 Å². The number of carbonyl (C=O) groups excluding carboxylic acids is 1. The fourth-order valence-corrected chi connectivity index (χ4v) is 4.68. The summed E-state index contributed by atoms with van der Waals surface area (Å²) in [6.07, 6.45) is 1.94. The second-order valence-corrected chi connectivity index (χ2v) is 8.55. The maximum atomic E-state index is 12.8. The third-order valence-corrected chi connectivity index (χ3v) is 6.45. The van der Waals surface area contributed by atoms with E-state index in [1.165, 1.54) is 21.4 Å². The molecule has 1 amide bonds. The lowest BCUT2D eigenvalue weighted by Crippen LogP contribution is -2.40. The van der Waals surface area contributed by atoms with Gasteiger partial charge in [0, 0.05) is 18.8 Å². The minimum absolute atomic E-state index is 0.00546. The van der Waals surface area contributed by atoms with Crippen LogP contribution in [0.3, 0.4) is 0 Å². The summed E-state index contributed by atoms with van der Waals surface area (Å²) in [6.45, 7) is 7.95. The number of nitrogens with zero attached hydrogens (tertiary/aromatic N) is 2. The highest BCUT2D eigenvalue weighted by atomic mass is 32.1. The van der Waals surface area contributed by atoms with Gasteiger partial charge in [-0.1, -0.05) is 23.5 Å². The number of fused-ring (bicyclic) bond motifs is 1. The average Bonchev–Trinajstić information content (AvgIpc) is 3.08. The lowest BCUT2D eigenvalue weighted by molar-refractivity contribution is -0.120. The summed E-state index contributed by atoms with van der Waals surface area (Å²) < 4.78 is 1.21. The van der Waals surface area contributed by atoms with Crippen molar-refractivity contribution in [2.24, 2.45) is 5.92 Å². The molecule has 1 aliphatic heterocycles. The first kappa shape index (κ1) is 18.0. The van der Waals surface area contributed by atoms with Gasteiger partial charge in [0.2, 0.25) is 5.91 Å². The van der Waals surface area contributed by atoms with Gasteiger partial charge in [-0.2, -0.15) is 0 Å². The summed E-state index contributed by atoms with van der Waals surface area (Å²) in [4.78, 5) is 19.9. The first-order chi connectivity index (χ1) is 13.0. The van der Waals surface area contributed by atoms with E-state index in [4.69, 9.17) is 4.98 Å². The Balaban J connectivity index is 1.48. The van der Waals surface area contributed by atoms with Crippen LogP contribution in [0.5, 0.6) is 0 Å². The molecule has 1 N–H and O–H groups in total. The zero-order valence-corrected chi connectivity index (χ0v) is 16.9. The van der Waals surface area contributed by atoms with Gasteiger partial charge < -0.3 is 10.2 Å². The van der Waals surface area contributed by atoms with Crippen molar-refractivity contribution in [3.63, 3.8) is 0 Å². The monoisotopic (exact) mass is 379 g/mol. The quantitative estimate of drug-likeness (QED) is 0.690. The molecule has 4 rings (SSSR count). The summed E-state index contributed by atoms with van der Waals surface area (Å²) in [5.41, 5.74) is 5.62. The van der Waals surface area contributed by atoms with Crippen LogP contribution in [0.15, 0.2) is 36.4 Å².